The molecule has 1 aliphatic carbocycles. The summed E-state index contributed by atoms with van der Waals surface area (Å²) in [4.78, 5) is 33.7. The fourth-order valence-corrected chi connectivity index (χ4v) is 1.87. The Labute approximate surface area is 123 Å². The lowest BCUT2D eigenvalue weighted by Gasteiger charge is -2.16. The van der Waals surface area contributed by atoms with Crippen LogP contribution in [0, 0.1) is 0 Å². The summed E-state index contributed by atoms with van der Waals surface area (Å²) in [6.45, 7) is 6.56. The summed E-state index contributed by atoms with van der Waals surface area (Å²) in [6, 6.07) is 0. The Morgan fingerprint density at radius 2 is 1.95 bits per heavy atom. The van der Waals surface area contributed by atoms with Gasteiger partial charge in [0.15, 0.2) is 0 Å². The summed E-state index contributed by atoms with van der Waals surface area (Å²) < 4.78 is 4.35. The van der Waals surface area contributed by atoms with E-state index in [1.165, 1.54) is 0 Å². The summed E-state index contributed by atoms with van der Waals surface area (Å²) >= 11 is 0. The standard InChI is InChI=1S/C16H18O5/c1-10(2)13-7-5-4-6-12(13)8-11(3)15(19)21-16(20)14(18)9-17/h4-6,17H,3,7-9H2,1-2H3. The second-order valence-corrected chi connectivity index (χ2v) is 4.84. The van der Waals surface area contributed by atoms with Crippen LogP contribution in [0.5, 0.6) is 0 Å². The quantitative estimate of drug-likeness (QED) is 0.361. The van der Waals surface area contributed by atoms with Crippen molar-refractivity contribution in [2.24, 2.45) is 0 Å². The van der Waals surface area contributed by atoms with Crippen molar-refractivity contribution in [2.45, 2.75) is 26.7 Å². The van der Waals surface area contributed by atoms with Gasteiger partial charge < -0.3 is 9.84 Å². The summed E-state index contributed by atoms with van der Waals surface area (Å²) in [5, 5.41) is 8.51. The van der Waals surface area contributed by atoms with E-state index in [1.54, 1.807) is 0 Å². The Bertz CT molecular complexity index is 571. The van der Waals surface area contributed by atoms with Crippen molar-refractivity contribution in [3.05, 3.63) is 47.1 Å². The van der Waals surface area contributed by atoms with Gasteiger partial charge in [-0.25, -0.2) is 9.59 Å². The van der Waals surface area contributed by atoms with Gasteiger partial charge in [0.2, 0.25) is 0 Å². The van der Waals surface area contributed by atoms with Gasteiger partial charge in [0.1, 0.15) is 6.61 Å². The molecule has 0 fully saturated rings. The SMILES string of the molecule is C=C(CC1=CC=CCC1=C(C)C)C(=O)OC(=O)C(=O)CO. The Balaban J connectivity index is 2.73. The van der Waals surface area contributed by atoms with Gasteiger partial charge >= 0.3 is 11.9 Å². The molecule has 0 aromatic rings. The molecule has 0 radical (unpaired) electrons. The van der Waals surface area contributed by atoms with Gasteiger partial charge in [0, 0.05) is 12.0 Å². The highest BCUT2D eigenvalue weighted by Crippen LogP contribution is 2.28. The zero-order chi connectivity index (χ0) is 16.0. The lowest BCUT2D eigenvalue weighted by molar-refractivity contribution is -0.162. The van der Waals surface area contributed by atoms with Crippen LogP contribution in [0.15, 0.2) is 47.1 Å². The number of allylic oxidation sites excluding steroid dienone is 6. The lowest BCUT2D eigenvalue weighted by Crippen LogP contribution is -2.24. The summed E-state index contributed by atoms with van der Waals surface area (Å²) in [7, 11) is 0. The van der Waals surface area contributed by atoms with Gasteiger partial charge in [0.25, 0.3) is 5.78 Å². The maximum Gasteiger partial charge on any atom is 0.384 e. The van der Waals surface area contributed by atoms with E-state index in [0.29, 0.717) is 0 Å². The van der Waals surface area contributed by atoms with Crippen LogP contribution < -0.4 is 0 Å². The minimum Gasteiger partial charge on any atom is -0.388 e. The zero-order valence-corrected chi connectivity index (χ0v) is 12.1. The minimum atomic E-state index is -1.37. The molecule has 5 heteroatoms. The molecule has 0 saturated carbocycles. The molecule has 0 saturated heterocycles. The maximum atomic E-state index is 11.7. The monoisotopic (exact) mass is 290 g/mol. The molecule has 0 aromatic heterocycles. The van der Waals surface area contributed by atoms with E-state index in [0.717, 1.165) is 23.1 Å². The second-order valence-electron chi connectivity index (χ2n) is 4.84. The van der Waals surface area contributed by atoms with Crippen LogP contribution in [-0.2, 0) is 19.1 Å². The first-order valence-corrected chi connectivity index (χ1v) is 6.47. The number of aliphatic hydroxyl groups is 1. The average molecular weight is 290 g/mol. The van der Waals surface area contributed by atoms with E-state index in [4.69, 9.17) is 5.11 Å². The Hall–Kier alpha value is -2.27. The van der Waals surface area contributed by atoms with Crippen LogP contribution >= 0.6 is 0 Å². The molecule has 0 heterocycles. The van der Waals surface area contributed by atoms with Crippen molar-refractivity contribution in [3.63, 3.8) is 0 Å². The van der Waals surface area contributed by atoms with Crippen molar-refractivity contribution in [1.29, 1.82) is 0 Å². The van der Waals surface area contributed by atoms with Gasteiger partial charge in [-0.05, 0) is 31.4 Å². The molecule has 112 valence electrons. The molecule has 21 heavy (non-hydrogen) atoms. The molecule has 0 amide bonds. The van der Waals surface area contributed by atoms with Crippen LogP contribution in [0.25, 0.3) is 0 Å². The van der Waals surface area contributed by atoms with Crippen molar-refractivity contribution in [2.75, 3.05) is 6.61 Å². The number of hydrogen-bond acceptors (Lipinski definition) is 5. The van der Waals surface area contributed by atoms with Gasteiger partial charge in [-0.1, -0.05) is 30.4 Å². The van der Waals surface area contributed by atoms with E-state index in [1.807, 2.05) is 32.1 Å². The third-order valence-electron chi connectivity index (χ3n) is 3.00. The largest absolute Gasteiger partial charge is 0.388 e. The number of ketones is 1. The van der Waals surface area contributed by atoms with Gasteiger partial charge in [-0.3, -0.25) is 4.79 Å². The third kappa shape index (κ3) is 4.65. The molecule has 1 aliphatic rings. The van der Waals surface area contributed by atoms with E-state index in [-0.39, 0.29) is 12.0 Å². The van der Waals surface area contributed by atoms with Crippen LogP contribution in [0.1, 0.15) is 26.7 Å². The van der Waals surface area contributed by atoms with Crippen LogP contribution in [0.3, 0.4) is 0 Å². The Morgan fingerprint density at radius 3 is 2.52 bits per heavy atom. The molecule has 0 aromatic carbocycles. The van der Waals surface area contributed by atoms with Gasteiger partial charge in [0.05, 0.1) is 0 Å². The smallest absolute Gasteiger partial charge is 0.384 e. The molecule has 5 nitrogen and oxygen atoms in total. The van der Waals surface area contributed by atoms with Crippen molar-refractivity contribution >= 4 is 17.7 Å². The molecule has 0 atom stereocenters. The van der Waals surface area contributed by atoms with Crippen molar-refractivity contribution in [1.82, 2.24) is 0 Å². The average Bonchev–Trinajstić information content (AvgIpc) is 2.46. The van der Waals surface area contributed by atoms with Gasteiger partial charge in [-0.2, -0.15) is 0 Å². The molecular formula is C16H18O5. The van der Waals surface area contributed by atoms with Crippen molar-refractivity contribution in [3.8, 4) is 0 Å². The number of ether oxygens (including phenoxy) is 1. The van der Waals surface area contributed by atoms with Crippen LogP contribution in [0.4, 0.5) is 0 Å². The first-order valence-electron chi connectivity index (χ1n) is 6.47. The van der Waals surface area contributed by atoms with Crippen LogP contribution in [0.2, 0.25) is 0 Å². The Morgan fingerprint density at radius 1 is 1.29 bits per heavy atom. The van der Waals surface area contributed by atoms with E-state index < -0.39 is 24.3 Å². The number of aliphatic hydroxyl groups excluding tert-OH is 1. The number of hydrogen-bond donors (Lipinski definition) is 1. The van der Waals surface area contributed by atoms with Crippen LogP contribution in [-0.4, -0.2) is 29.4 Å². The molecule has 1 rings (SSSR count). The summed E-state index contributed by atoms with van der Waals surface area (Å²) in [5.41, 5.74) is 3.26. The highest BCUT2D eigenvalue weighted by atomic mass is 16.6. The zero-order valence-electron chi connectivity index (χ0n) is 12.1. The molecule has 0 bridgehead atoms. The minimum absolute atomic E-state index is 0.0781. The van der Waals surface area contributed by atoms with Gasteiger partial charge in [-0.15, -0.1) is 0 Å². The summed E-state index contributed by atoms with van der Waals surface area (Å²) in [5.74, 6) is -3.49. The predicted molar refractivity (Wildman–Crippen MR) is 77.2 cm³/mol. The maximum absolute atomic E-state index is 11.7. The topological polar surface area (TPSA) is 80.7 Å². The van der Waals surface area contributed by atoms with E-state index >= 15 is 0 Å². The third-order valence-corrected chi connectivity index (χ3v) is 3.00. The molecular weight excluding hydrogens is 272 g/mol. The number of Topliss-reactive ketones (excluding diaryl/α,β-unsaturated/α-hetero) is 1. The molecule has 1 N–H and O–H groups in total. The number of carbonyl (C=O) groups excluding carboxylic acids is 3. The molecule has 0 spiro atoms. The summed E-state index contributed by atoms with van der Waals surface area (Å²) in [6.07, 6.45) is 6.80. The predicted octanol–water partition coefficient (Wildman–Crippen LogP) is 1.79. The lowest BCUT2D eigenvalue weighted by atomic mass is 9.90. The van der Waals surface area contributed by atoms with E-state index in [2.05, 4.69) is 11.3 Å². The Kier molecular flexibility index (Phi) is 5.99. The highest BCUT2D eigenvalue weighted by molar-refractivity contribution is 6.36. The van der Waals surface area contributed by atoms with Crippen molar-refractivity contribution < 1.29 is 24.2 Å². The fraction of sp³-hybridized carbons (Fsp3) is 0.312. The highest BCUT2D eigenvalue weighted by Gasteiger charge is 2.21. The molecule has 0 unspecified atom stereocenters. The first kappa shape index (κ1) is 16.8. The number of rotatable bonds is 5. The fourth-order valence-electron chi connectivity index (χ4n) is 1.87. The normalized spacial score (nSPS) is 13.5. The van der Waals surface area contributed by atoms with E-state index in [9.17, 15) is 14.4 Å². The molecule has 0 aliphatic heterocycles. The number of carbonyl (C=O) groups is 3. The second kappa shape index (κ2) is 7.50. The number of esters is 2. The first-order chi connectivity index (χ1) is 9.86.